The fourth-order valence-corrected chi connectivity index (χ4v) is 2.87. The average Bonchev–Trinajstić information content (AvgIpc) is 2.47. The summed E-state index contributed by atoms with van der Waals surface area (Å²) in [5, 5.41) is 0. The van der Waals surface area contributed by atoms with Crippen LogP contribution in [0, 0.1) is 0 Å². The van der Waals surface area contributed by atoms with E-state index in [2.05, 4.69) is 0 Å². The minimum absolute atomic E-state index is 0.380. The molecule has 0 unspecified atom stereocenters. The molecule has 1 spiro atoms. The summed E-state index contributed by atoms with van der Waals surface area (Å²) in [6.07, 6.45) is 7.93. The minimum Gasteiger partial charge on any atom is -0.466 e. The van der Waals surface area contributed by atoms with Gasteiger partial charge in [0.05, 0.1) is 13.2 Å². The molecule has 0 radical (unpaired) electrons. The number of ether oxygens (including phenoxy) is 3. The topological polar surface area (TPSA) is 44.8 Å². The highest BCUT2D eigenvalue weighted by molar-refractivity contribution is 5.82. The first kappa shape index (κ1) is 13.4. The SMILES string of the molecule is COC(=O)/C=C1/OC(C)(C)OC12CCCCCC2. The predicted octanol–water partition coefficient (Wildman–Crippen LogP) is 2.92. The van der Waals surface area contributed by atoms with Crippen molar-refractivity contribution in [2.45, 2.75) is 63.8 Å². The van der Waals surface area contributed by atoms with Gasteiger partial charge in [0.25, 0.3) is 0 Å². The molecule has 1 aliphatic heterocycles. The molecule has 4 heteroatoms. The van der Waals surface area contributed by atoms with Gasteiger partial charge in [-0.2, -0.15) is 0 Å². The average molecular weight is 254 g/mol. The Bertz CT molecular complexity index is 349. The van der Waals surface area contributed by atoms with Crippen LogP contribution in [0.25, 0.3) is 0 Å². The van der Waals surface area contributed by atoms with Crippen molar-refractivity contribution in [2.75, 3.05) is 7.11 Å². The Hall–Kier alpha value is -1.03. The van der Waals surface area contributed by atoms with Gasteiger partial charge in [-0.3, -0.25) is 0 Å². The van der Waals surface area contributed by atoms with E-state index in [-0.39, 0.29) is 5.97 Å². The fourth-order valence-electron chi connectivity index (χ4n) is 2.87. The van der Waals surface area contributed by atoms with Gasteiger partial charge in [-0.25, -0.2) is 4.79 Å². The molecule has 1 aliphatic carbocycles. The van der Waals surface area contributed by atoms with Crippen LogP contribution in [0.15, 0.2) is 11.8 Å². The Morgan fingerprint density at radius 2 is 1.83 bits per heavy atom. The monoisotopic (exact) mass is 254 g/mol. The van der Waals surface area contributed by atoms with Crippen LogP contribution >= 0.6 is 0 Å². The number of esters is 1. The molecule has 1 saturated heterocycles. The molecule has 1 heterocycles. The molecule has 0 atom stereocenters. The lowest BCUT2D eigenvalue weighted by atomic mass is 9.92. The Kier molecular flexibility index (Phi) is 3.66. The Balaban J connectivity index is 2.29. The third-order valence-electron chi connectivity index (χ3n) is 3.61. The summed E-state index contributed by atoms with van der Waals surface area (Å²) in [4.78, 5) is 11.5. The highest BCUT2D eigenvalue weighted by Gasteiger charge is 2.50. The molecule has 4 nitrogen and oxygen atoms in total. The number of rotatable bonds is 1. The molecule has 2 fully saturated rings. The van der Waals surface area contributed by atoms with Crippen LogP contribution in [-0.2, 0) is 19.0 Å². The van der Waals surface area contributed by atoms with Crippen LogP contribution in [0.3, 0.4) is 0 Å². The van der Waals surface area contributed by atoms with E-state index in [4.69, 9.17) is 14.2 Å². The third-order valence-corrected chi connectivity index (χ3v) is 3.61. The number of hydrogen-bond donors (Lipinski definition) is 0. The summed E-state index contributed by atoms with van der Waals surface area (Å²) in [6, 6.07) is 0. The Morgan fingerprint density at radius 1 is 1.22 bits per heavy atom. The van der Waals surface area contributed by atoms with Gasteiger partial charge in [-0.15, -0.1) is 0 Å². The van der Waals surface area contributed by atoms with Crippen molar-refractivity contribution in [3.63, 3.8) is 0 Å². The molecule has 102 valence electrons. The van der Waals surface area contributed by atoms with Crippen LogP contribution < -0.4 is 0 Å². The molecule has 0 amide bonds. The number of hydrogen-bond acceptors (Lipinski definition) is 4. The van der Waals surface area contributed by atoms with E-state index in [1.807, 2.05) is 13.8 Å². The maximum absolute atomic E-state index is 11.5. The van der Waals surface area contributed by atoms with E-state index >= 15 is 0 Å². The van der Waals surface area contributed by atoms with Crippen molar-refractivity contribution < 1.29 is 19.0 Å². The lowest BCUT2D eigenvalue weighted by molar-refractivity contribution is -0.162. The van der Waals surface area contributed by atoms with Crippen LogP contribution in [0.2, 0.25) is 0 Å². The largest absolute Gasteiger partial charge is 0.466 e. The summed E-state index contributed by atoms with van der Waals surface area (Å²) in [5.74, 6) is -0.402. The second-order valence-electron chi connectivity index (χ2n) is 5.54. The van der Waals surface area contributed by atoms with Crippen LogP contribution in [0.1, 0.15) is 52.4 Å². The van der Waals surface area contributed by atoms with E-state index < -0.39 is 11.4 Å². The van der Waals surface area contributed by atoms with Gasteiger partial charge in [-0.05, 0) is 12.8 Å². The quantitative estimate of drug-likeness (QED) is 0.533. The highest BCUT2D eigenvalue weighted by Crippen LogP contribution is 2.47. The van der Waals surface area contributed by atoms with Gasteiger partial charge in [0.1, 0.15) is 11.4 Å². The van der Waals surface area contributed by atoms with E-state index in [1.165, 1.54) is 26.0 Å². The third kappa shape index (κ3) is 2.69. The molecule has 0 aromatic rings. The standard InChI is InChI=1S/C14H22O4/c1-13(2)17-11(10-12(15)16-3)14(18-13)8-6-4-5-7-9-14/h10H,4-9H2,1-3H3/b11-10+. The van der Waals surface area contributed by atoms with Crippen molar-refractivity contribution in [1.29, 1.82) is 0 Å². The molecule has 2 rings (SSSR count). The van der Waals surface area contributed by atoms with Crippen molar-refractivity contribution in [1.82, 2.24) is 0 Å². The molecule has 18 heavy (non-hydrogen) atoms. The van der Waals surface area contributed by atoms with Crippen molar-refractivity contribution >= 4 is 5.97 Å². The van der Waals surface area contributed by atoms with Gasteiger partial charge in [0.2, 0.25) is 5.79 Å². The van der Waals surface area contributed by atoms with Crippen molar-refractivity contribution in [2.24, 2.45) is 0 Å². The molecular weight excluding hydrogens is 232 g/mol. The van der Waals surface area contributed by atoms with E-state index in [1.54, 1.807) is 0 Å². The van der Waals surface area contributed by atoms with Gasteiger partial charge in [0.15, 0.2) is 0 Å². The Labute approximate surface area is 108 Å². The minimum atomic E-state index is -0.663. The number of carbonyl (C=O) groups excluding carboxylic acids is 1. The van der Waals surface area contributed by atoms with E-state index in [0.29, 0.717) is 5.76 Å². The number of carbonyl (C=O) groups is 1. The van der Waals surface area contributed by atoms with Gasteiger partial charge >= 0.3 is 5.97 Å². The summed E-state index contributed by atoms with van der Waals surface area (Å²) in [5.41, 5.74) is -0.422. The van der Waals surface area contributed by atoms with Gasteiger partial charge in [-0.1, -0.05) is 25.7 Å². The molecule has 1 saturated carbocycles. The lowest BCUT2D eigenvalue weighted by Crippen LogP contribution is -2.33. The molecule has 2 aliphatic rings. The molecule has 0 aromatic heterocycles. The summed E-state index contributed by atoms with van der Waals surface area (Å²) < 4.78 is 16.6. The van der Waals surface area contributed by atoms with Crippen LogP contribution in [0.5, 0.6) is 0 Å². The fraction of sp³-hybridized carbons (Fsp3) is 0.786. The smallest absolute Gasteiger partial charge is 0.333 e. The van der Waals surface area contributed by atoms with E-state index in [9.17, 15) is 4.79 Å². The van der Waals surface area contributed by atoms with Gasteiger partial charge < -0.3 is 14.2 Å². The van der Waals surface area contributed by atoms with Crippen molar-refractivity contribution in [3.8, 4) is 0 Å². The van der Waals surface area contributed by atoms with Crippen LogP contribution in [-0.4, -0.2) is 24.5 Å². The highest BCUT2D eigenvalue weighted by atomic mass is 16.8. The second kappa shape index (κ2) is 4.92. The normalized spacial score (nSPS) is 27.8. The zero-order valence-corrected chi connectivity index (χ0v) is 11.5. The maximum atomic E-state index is 11.5. The van der Waals surface area contributed by atoms with E-state index in [0.717, 1.165) is 25.7 Å². The first-order chi connectivity index (χ1) is 8.47. The molecular formula is C14H22O4. The zero-order valence-electron chi connectivity index (χ0n) is 11.5. The number of methoxy groups -OCH3 is 1. The first-order valence-corrected chi connectivity index (χ1v) is 6.67. The molecule has 0 N–H and O–H groups in total. The summed E-state index contributed by atoms with van der Waals surface area (Å²) >= 11 is 0. The van der Waals surface area contributed by atoms with Crippen molar-refractivity contribution in [3.05, 3.63) is 11.8 Å². The zero-order chi connectivity index (χ0) is 13.2. The lowest BCUT2D eigenvalue weighted by Gasteiger charge is -2.26. The van der Waals surface area contributed by atoms with Crippen LogP contribution in [0.4, 0.5) is 0 Å². The maximum Gasteiger partial charge on any atom is 0.333 e. The summed E-state index contributed by atoms with van der Waals surface area (Å²) in [7, 11) is 1.38. The summed E-state index contributed by atoms with van der Waals surface area (Å²) in [6.45, 7) is 3.77. The van der Waals surface area contributed by atoms with Gasteiger partial charge in [0, 0.05) is 13.8 Å². The first-order valence-electron chi connectivity index (χ1n) is 6.67. The Morgan fingerprint density at radius 3 is 2.39 bits per heavy atom. The molecule has 0 aromatic carbocycles. The second-order valence-corrected chi connectivity index (χ2v) is 5.54. The predicted molar refractivity (Wildman–Crippen MR) is 66.8 cm³/mol. The molecule has 0 bridgehead atoms.